The van der Waals surface area contributed by atoms with Crippen LogP contribution in [-0.2, 0) is 16.6 Å². The van der Waals surface area contributed by atoms with Crippen LogP contribution < -0.4 is 5.32 Å². The summed E-state index contributed by atoms with van der Waals surface area (Å²) < 4.78 is 65.1. The molecule has 0 radical (unpaired) electrons. The number of halogens is 3. The number of pyridine rings is 1. The summed E-state index contributed by atoms with van der Waals surface area (Å²) in [6, 6.07) is 1.01. The van der Waals surface area contributed by atoms with Gasteiger partial charge in [0.1, 0.15) is 5.25 Å². The molecule has 0 bridgehead atoms. The van der Waals surface area contributed by atoms with Gasteiger partial charge >= 0.3 is 12.2 Å². The highest BCUT2D eigenvalue weighted by Gasteiger charge is 2.55. The van der Waals surface area contributed by atoms with Crippen molar-refractivity contribution < 1.29 is 26.4 Å². The quantitative estimate of drug-likeness (QED) is 0.836. The van der Waals surface area contributed by atoms with Gasteiger partial charge in [0.15, 0.2) is 0 Å². The van der Waals surface area contributed by atoms with Gasteiger partial charge in [0, 0.05) is 46.1 Å². The fourth-order valence-electron chi connectivity index (χ4n) is 2.79. The summed E-state index contributed by atoms with van der Waals surface area (Å²) in [6.45, 7) is 0.705. The number of carbonyl (C=O) groups is 1. The SMILES string of the molecule is Cc1ccncc1CNC(=O)N1C[C@@H](C(F)(F)F)[C@H](S(=O)(=O)N(C)C)C1. The molecule has 1 aliphatic rings. The highest BCUT2D eigenvalue weighted by molar-refractivity contribution is 7.89. The van der Waals surface area contributed by atoms with Crippen LogP contribution in [0, 0.1) is 12.8 Å². The van der Waals surface area contributed by atoms with E-state index in [2.05, 4.69) is 10.3 Å². The molecule has 11 heteroatoms. The van der Waals surface area contributed by atoms with Gasteiger partial charge in [0.05, 0.1) is 5.92 Å². The van der Waals surface area contributed by atoms with E-state index in [-0.39, 0.29) is 6.54 Å². The summed E-state index contributed by atoms with van der Waals surface area (Å²) in [7, 11) is -1.81. The molecule has 2 amide bonds. The summed E-state index contributed by atoms with van der Waals surface area (Å²) in [4.78, 5) is 17.1. The molecule has 1 aliphatic heterocycles. The third-order valence-corrected chi connectivity index (χ3v) is 6.70. The van der Waals surface area contributed by atoms with Gasteiger partial charge in [-0.1, -0.05) is 0 Å². The first-order valence-electron chi connectivity index (χ1n) is 7.85. The Morgan fingerprint density at radius 2 is 2.04 bits per heavy atom. The highest BCUT2D eigenvalue weighted by atomic mass is 32.2. The van der Waals surface area contributed by atoms with Crippen molar-refractivity contribution in [1.82, 2.24) is 19.5 Å². The molecule has 0 spiro atoms. The maximum atomic E-state index is 13.3. The van der Waals surface area contributed by atoms with Gasteiger partial charge in [-0.3, -0.25) is 4.98 Å². The molecule has 1 aromatic heterocycles. The minimum absolute atomic E-state index is 0.0940. The Hall–Kier alpha value is -1.88. The number of alkyl halides is 3. The van der Waals surface area contributed by atoms with Crippen LogP contribution in [0.15, 0.2) is 18.5 Å². The number of nitrogens with one attached hydrogen (secondary N) is 1. The van der Waals surface area contributed by atoms with Crippen molar-refractivity contribution in [2.75, 3.05) is 27.2 Å². The first-order chi connectivity index (χ1) is 11.9. The number of aromatic nitrogens is 1. The Labute approximate surface area is 150 Å². The topological polar surface area (TPSA) is 82.6 Å². The van der Waals surface area contributed by atoms with Gasteiger partial charge < -0.3 is 10.2 Å². The Bertz CT molecular complexity index is 768. The summed E-state index contributed by atoms with van der Waals surface area (Å²) in [6.07, 6.45) is -1.58. The summed E-state index contributed by atoms with van der Waals surface area (Å²) in [5.74, 6) is -2.12. The molecule has 0 aromatic carbocycles. The lowest BCUT2D eigenvalue weighted by molar-refractivity contribution is -0.169. The van der Waals surface area contributed by atoms with E-state index < -0.39 is 46.5 Å². The van der Waals surface area contributed by atoms with Gasteiger partial charge in [-0.2, -0.15) is 13.2 Å². The summed E-state index contributed by atoms with van der Waals surface area (Å²) in [5, 5.41) is 0.807. The van der Waals surface area contributed by atoms with Crippen LogP contribution >= 0.6 is 0 Å². The van der Waals surface area contributed by atoms with E-state index in [1.165, 1.54) is 14.1 Å². The molecule has 146 valence electrons. The van der Waals surface area contributed by atoms with Gasteiger partial charge in [-0.15, -0.1) is 0 Å². The maximum Gasteiger partial charge on any atom is 0.394 e. The number of likely N-dealkylation sites (tertiary alicyclic amines) is 1. The lowest BCUT2D eigenvalue weighted by Crippen LogP contribution is -2.43. The molecule has 2 atom stereocenters. The lowest BCUT2D eigenvalue weighted by Gasteiger charge is -2.23. The van der Waals surface area contributed by atoms with E-state index in [1.807, 2.05) is 6.92 Å². The van der Waals surface area contributed by atoms with Crippen molar-refractivity contribution in [2.45, 2.75) is 24.9 Å². The van der Waals surface area contributed by atoms with Crippen molar-refractivity contribution in [3.8, 4) is 0 Å². The molecule has 26 heavy (non-hydrogen) atoms. The average molecular weight is 394 g/mol. The second-order valence-corrected chi connectivity index (χ2v) is 8.75. The molecular weight excluding hydrogens is 373 g/mol. The van der Waals surface area contributed by atoms with Crippen molar-refractivity contribution in [2.24, 2.45) is 5.92 Å². The molecule has 2 rings (SSSR count). The van der Waals surface area contributed by atoms with E-state index in [4.69, 9.17) is 0 Å². The zero-order valence-electron chi connectivity index (χ0n) is 14.6. The minimum atomic E-state index is -4.72. The molecule has 1 aromatic rings. The van der Waals surface area contributed by atoms with E-state index in [1.54, 1.807) is 18.5 Å². The van der Waals surface area contributed by atoms with Crippen LogP contribution in [0.3, 0.4) is 0 Å². The van der Waals surface area contributed by atoms with E-state index in [9.17, 15) is 26.4 Å². The molecule has 0 saturated carbocycles. The van der Waals surface area contributed by atoms with Crippen LogP contribution in [0.1, 0.15) is 11.1 Å². The van der Waals surface area contributed by atoms with Crippen LogP contribution in [0.5, 0.6) is 0 Å². The highest BCUT2D eigenvalue weighted by Crippen LogP contribution is 2.37. The summed E-state index contributed by atoms with van der Waals surface area (Å²) >= 11 is 0. The normalized spacial score (nSPS) is 21.3. The molecular formula is C15H21F3N4O3S. The van der Waals surface area contributed by atoms with Crippen LogP contribution in [0.25, 0.3) is 0 Å². The molecule has 1 N–H and O–H groups in total. The van der Waals surface area contributed by atoms with Crippen LogP contribution in [-0.4, -0.2) is 67.2 Å². The van der Waals surface area contributed by atoms with E-state index >= 15 is 0 Å². The van der Waals surface area contributed by atoms with Crippen LogP contribution in [0.2, 0.25) is 0 Å². The van der Waals surface area contributed by atoms with Crippen molar-refractivity contribution >= 4 is 16.1 Å². The number of rotatable bonds is 4. The van der Waals surface area contributed by atoms with E-state index in [0.29, 0.717) is 0 Å². The van der Waals surface area contributed by atoms with Crippen molar-refractivity contribution in [3.05, 3.63) is 29.6 Å². The molecule has 2 heterocycles. The maximum absolute atomic E-state index is 13.3. The Morgan fingerprint density at radius 1 is 1.38 bits per heavy atom. The second-order valence-electron chi connectivity index (χ2n) is 6.38. The molecule has 7 nitrogen and oxygen atoms in total. The van der Waals surface area contributed by atoms with Gasteiger partial charge in [0.25, 0.3) is 0 Å². The largest absolute Gasteiger partial charge is 0.394 e. The van der Waals surface area contributed by atoms with E-state index in [0.717, 1.165) is 20.3 Å². The molecule has 1 fully saturated rings. The number of nitrogens with zero attached hydrogens (tertiary/aromatic N) is 3. The Balaban J connectivity index is 2.13. The third-order valence-electron chi connectivity index (χ3n) is 4.44. The fraction of sp³-hybridized carbons (Fsp3) is 0.600. The zero-order valence-corrected chi connectivity index (χ0v) is 15.4. The van der Waals surface area contributed by atoms with Gasteiger partial charge in [-0.05, 0) is 24.1 Å². The van der Waals surface area contributed by atoms with Crippen molar-refractivity contribution in [3.63, 3.8) is 0 Å². The number of hydrogen-bond donors (Lipinski definition) is 1. The van der Waals surface area contributed by atoms with Gasteiger partial charge in [0.2, 0.25) is 10.0 Å². The third kappa shape index (κ3) is 4.26. The Morgan fingerprint density at radius 3 is 2.58 bits per heavy atom. The number of hydrogen-bond acceptors (Lipinski definition) is 4. The predicted molar refractivity (Wildman–Crippen MR) is 88.7 cm³/mol. The number of amides is 2. The minimum Gasteiger partial charge on any atom is -0.334 e. The molecule has 1 saturated heterocycles. The molecule has 0 aliphatic carbocycles. The lowest BCUT2D eigenvalue weighted by atomic mass is 10.1. The van der Waals surface area contributed by atoms with Crippen LogP contribution in [0.4, 0.5) is 18.0 Å². The predicted octanol–water partition coefficient (Wildman–Crippen LogP) is 1.35. The standard InChI is InChI=1S/C15H21F3N4O3S/c1-10-4-5-19-6-11(10)7-20-14(23)22-8-12(15(16,17)18)13(9-22)26(24,25)21(2)3/h4-6,12-13H,7-9H2,1-3H3,(H,20,23)/t12-,13-/m1/s1. The van der Waals surface area contributed by atoms with Crippen molar-refractivity contribution in [1.29, 1.82) is 0 Å². The second kappa shape index (κ2) is 7.39. The summed E-state index contributed by atoms with van der Waals surface area (Å²) in [5.41, 5.74) is 1.60. The number of carbonyl (C=O) groups excluding carboxylic acids is 1. The average Bonchev–Trinajstić information content (AvgIpc) is 3.00. The Kier molecular flexibility index (Phi) is 5.81. The number of urea groups is 1. The zero-order chi connectivity index (χ0) is 19.7. The number of aryl methyl sites for hydroxylation is 1. The fourth-order valence-corrected chi connectivity index (χ4v) is 4.36. The first-order valence-corrected chi connectivity index (χ1v) is 9.35. The monoisotopic (exact) mass is 394 g/mol. The smallest absolute Gasteiger partial charge is 0.334 e. The van der Waals surface area contributed by atoms with Gasteiger partial charge in [-0.25, -0.2) is 17.5 Å². The molecule has 0 unspecified atom stereocenters. The number of sulfonamides is 1. The first kappa shape index (κ1) is 20.4.